The molecule has 20 heavy (non-hydrogen) atoms. The van der Waals surface area contributed by atoms with Crippen LogP contribution in [0.1, 0.15) is 33.6 Å². The maximum absolute atomic E-state index is 11.9. The van der Waals surface area contributed by atoms with Gasteiger partial charge in [0.2, 0.25) is 11.8 Å². The first-order valence-electron chi connectivity index (χ1n) is 6.17. The lowest BCUT2D eigenvalue weighted by Gasteiger charge is -2.23. The maximum Gasteiger partial charge on any atom is 0.326 e. The van der Waals surface area contributed by atoms with Gasteiger partial charge >= 0.3 is 11.9 Å². The summed E-state index contributed by atoms with van der Waals surface area (Å²) in [5.74, 6) is -3.74. The lowest BCUT2D eigenvalue weighted by molar-refractivity contribution is -0.143. The number of carboxylic acids is 2. The molecule has 0 aromatic heterocycles. The Bertz CT molecular complexity index is 393. The van der Waals surface area contributed by atoms with Gasteiger partial charge in [0.15, 0.2) is 0 Å². The maximum atomic E-state index is 11.9. The molecular formula is C12H20N2O6. The van der Waals surface area contributed by atoms with Crippen LogP contribution in [0.3, 0.4) is 0 Å². The smallest absolute Gasteiger partial charge is 0.326 e. The fourth-order valence-electron chi connectivity index (χ4n) is 1.54. The average molecular weight is 288 g/mol. The highest BCUT2D eigenvalue weighted by Crippen LogP contribution is 2.04. The van der Waals surface area contributed by atoms with E-state index in [9.17, 15) is 19.2 Å². The quantitative estimate of drug-likeness (QED) is 0.479. The van der Waals surface area contributed by atoms with Crippen LogP contribution in [0, 0.1) is 5.92 Å². The predicted molar refractivity (Wildman–Crippen MR) is 68.9 cm³/mol. The van der Waals surface area contributed by atoms with Gasteiger partial charge in [-0.1, -0.05) is 13.8 Å². The van der Waals surface area contributed by atoms with Crippen molar-refractivity contribution in [1.29, 1.82) is 0 Å². The van der Waals surface area contributed by atoms with Gasteiger partial charge in [-0.3, -0.25) is 14.4 Å². The van der Waals surface area contributed by atoms with Crippen LogP contribution in [0.15, 0.2) is 0 Å². The highest BCUT2D eigenvalue weighted by molar-refractivity contribution is 5.90. The van der Waals surface area contributed by atoms with E-state index in [1.54, 1.807) is 13.8 Å². The van der Waals surface area contributed by atoms with Gasteiger partial charge in [0, 0.05) is 13.3 Å². The Morgan fingerprint density at radius 1 is 1.05 bits per heavy atom. The highest BCUT2D eigenvalue weighted by Gasteiger charge is 2.28. The first-order chi connectivity index (χ1) is 9.15. The fraction of sp³-hybridized carbons (Fsp3) is 0.667. The minimum Gasteiger partial charge on any atom is -0.481 e. The zero-order valence-electron chi connectivity index (χ0n) is 11.7. The predicted octanol–water partition coefficient (Wildman–Crippen LogP) is -0.419. The average Bonchev–Trinajstić information content (AvgIpc) is 2.29. The Hall–Kier alpha value is -2.12. The van der Waals surface area contributed by atoms with E-state index >= 15 is 0 Å². The van der Waals surface area contributed by atoms with Gasteiger partial charge in [-0.2, -0.15) is 0 Å². The van der Waals surface area contributed by atoms with Crippen LogP contribution >= 0.6 is 0 Å². The number of hydrogen-bond acceptors (Lipinski definition) is 4. The summed E-state index contributed by atoms with van der Waals surface area (Å²) < 4.78 is 0. The van der Waals surface area contributed by atoms with E-state index in [4.69, 9.17) is 10.2 Å². The van der Waals surface area contributed by atoms with E-state index in [1.165, 1.54) is 6.92 Å². The molecule has 0 spiro atoms. The molecule has 0 rings (SSSR count). The lowest BCUT2D eigenvalue weighted by Crippen LogP contribution is -2.53. The minimum atomic E-state index is -1.31. The van der Waals surface area contributed by atoms with Crippen molar-refractivity contribution < 1.29 is 29.4 Å². The Morgan fingerprint density at radius 3 is 1.95 bits per heavy atom. The number of amides is 2. The van der Waals surface area contributed by atoms with Crippen molar-refractivity contribution >= 4 is 23.8 Å². The molecule has 0 aliphatic heterocycles. The van der Waals surface area contributed by atoms with Crippen molar-refractivity contribution in [2.45, 2.75) is 45.7 Å². The number of carbonyl (C=O) groups is 4. The van der Waals surface area contributed by atoms with Crippen molar-refractivity contribution in [3.05, 3.63) is 0 Å². The second-order valence-electron chi connectivity index (χ2n) is 4.75. The van der Waals surface area contributed by atoms with Crippen LogP contribution in [0.25, 0.3) is 0 Å². The molecule has 8 nitrogen and oxygen atoms in total. The van der Waals surface area contributed by atoms with Crippen LogP contribution in [0.5, 0.6) is 0 Å². The number of hydrogen-bond donors (Lipinski definition) is 4. The molecule has 2 amide bonds. The number of rotatable bonds is 8. The van der Waals surface area contributed by atoms with E-state index in [0.717, 1.165) is 0 Å². The Morgan fingerprint density at radius 2 is 1.60 bits per heavy atom. The molecule has 114 valence electrons. The SMILES string of the molecule is CC(=O)N[C@H](C(=O)N[C@@H](CCC(=O)O)C(=O)O)C(C)C. The number of carbonyl (C=O) groups excluding carboxylic acids is 2. The summed E-state index contributed by atoms with van der Waals surface area (Å²) in [6.07, 6.45) is -0.592. The third-order valence-corrected chi connectivity index (χ3v) is 2.57. The van der Waals surface area contributed by atoms with E-state index < -0.39 is 35.8 Å². The third kappa shape index (κ3) is 6.72. The first-order valence-corrected chi connectivity index (χ1v) is 6.17. The summed E-state index contributed by atoms with van der Waals surface area (Å²) in [5, 5.41) is 22.1. The van der Waals surface area contributed by atoms with Crippen molar-refractivity contribution in [2.24, 2.45) is 5.92 Å². The van der Waals surface area contributed by atoms with Crippen molar-refractivity contribution in [2.75, 3.05) is 0 Å². The van der Waals surface area contributed by atoms with E-state index in [-0.39, 0.29) is 18.8 Å². The van der Waals surface area contributed by atoms with E-state index in [2.05, 4.69) is 10.6 Å². The zero-order valence-corrected chi connectivity index (χ0v) is 11.7. The normalized spacial score (nSPS) is 13.4. The lowest BCUT2D eigenvalue weighted by atomic mass is 10.0. The van der Waals surface area contributed by atoms with Gasteiger partial charge in [-0.05, 0) is 12.3 Å². The van der Waals surface area contributed by atoms with Gasteiger partial charge < -0.3 is 20.8 Å². The molecule has 0 saturated carbocycles. The number of aliphatic carboxylic acids is 2. The van der Waals surface area contributed by atoms with Crippen molar-refractivity contribution in [3.8, 4) is 0 Å². The van der Waals surface area contributed by atoms with E-state index in [1.807, 2.05) is 0 Å². The van der Waals surface area contributed by atoms with Gasteiger partial charge in [-0.15, -0.1) is 0 Å². The standard InChI is InChI=1S/C12H20N2O6/c1-6(2)10(13-7(3)15)11(18)14-8(12(19)20)4-5-9(16)17/h6,8,10H,4-5H2,1-3H3,(H,13,15)(H,14,18)(H,16,17)(H,19,20)/t8-,10-/m0/s1. The summed E-state index contributed by atoms with van der Waals surface area (Å²) in [5.41, 5.74) is 0. The second-order valence-corrected chi connectivity index (χ2v) is 4.75. The minimum absolute atomic E-state index is 0.221. The number of nitrogens with one attached hydrogen (secondary N) is 2. The molecule has 0 aliphatic carbocycles. The summed E-state index contributed by atoms with van der Waals surface area (Å²) in [6.45, 7) is 4.65. The van der Waals surface area contributed by atoms with Crippen molar-refractivity contribution in [1.82, 2.24) is 10.6 Å². The van der Waals surface area contributed by atoms with Crippen LogP contribution in [0.2, 0.25) is 0 Å². The molecular weight excluding hydrogens is 268 g/mol. The topological polar surface area (TPSA) is 133 Å². The Labute approximate surface area is 116 Å². The number of carboxylic acid groups (broad SMARTS) is 2. The molecule has 0 bridgehead atoms. The fourth-order valence-corrected chi connectivity index (χ4v) is 1.54. The molecule has 0 unspecified atom stereocenters. The highest BCUT2D eigenvalue weighted by atomic mass is 16.4. The zero-order chi connectivity index (χ0) is 15.9. The Kier molecular flexibility index (Phi) is 7.27. The van der Waals surface area contributed by atoms with Gasteiger partial charge in [-0.25, -0.2) is 4.79 Å². The van der Waals surface area contributed by atoms with Gasteiger partial charge in [0.25, 0.3) is 0 Å². The van der Waals surface area contributed by atoms with Gasteiger partial charge in [0.1, 0.15) is 12.1 Å². The molecule has 0 aromatic carbocycles. The third-order valence-electron chi connectivity index (χ3n) is 2.57. The molecule has 0 aromatic rings. The van der Waals surface area contributed by atoms with Gasteiger partial charge in [0.05, 0.1) is 0 Å². The Balaban J connectivity index is 4.74. The summed E-state index contributed by atoms with van der Waals surface area (Å²) >= 11 is 0. The summed E-state index contributed by atoms with van der Waals surface area (Å²) in [7, 11) is 0. The second kappa shape index (κ2) is 8.13. The molecule has 4 N–H and O–H groups in total. The molecule has 0 radical (unpaired) electrons. The molecule has 0 saturated heterocycles. The van der Waals surface area contributed by atoms with Crippen LogP contribution in [0.4, 0.5) is 0 Å². The molecule has 2 atom stereocenters. The largest absolute Gasteiger partial charge is 0.481 e. The van der Waals surface area contributed by atoms with Crippen LogP contribution in [-0.4, -0.2) is 46.0 Å². The first kappa shape index (κ1) is 17.9. The molecule has 0 fully saturated rings. The monoisotopic (exact) mass is 288 g/mol. The van der Waals surface area contributed by atoms with Crippen molar-refractivity contribution in [3.63, 3.8) is 0 Å². The summed E-state index contributed by atoms with van der Waals surface area (Å²) in [6, 6.07) is -2.16. The molecule has 8 heteroatoms. The van der Waals surface area contributed by atoms with E-state index in [0.29, 0.717) is 0 Å². The van der Waals surface area contributed by atoms with Crippen LogP contribution in [-0.2, 0) is 19.2 Å². The molecule has 0 heterocycles. The molecule has 0 aliphatic rings. The van der Waals surface area contributed by atoms with Crippen LogP contribution < -0.4 is 10.6 Å². The summed E-state index contributed by atoms with van der Waals surface area (Å²) in [4.78, 5) is 44.4.